The van der Waals surface area contributed by atoms with Crippen LogP contribution in [-0.4, -0.2) is 21.6 Å². The third-order valence-corrected chi connectivity index (χ3v) is 10.6. The van der Waals surface area contributed by atoms with Crippen molar-refractivity contribution in [2.75, 3.05) is 10.8 Å². The van der Waals surface area contributed by atoms with E-state index in [1.807, 2.05) is 0 Å². The summed E-state index contributed by atoms with van der Waals surface area (Å²) in [6.07, 6.45) is 1.78. The first-order valence-corrected chi connectivity index (χ1v) is 16.6. The van der Waals surface area contributed by atoms with Crippen molar-refractivity contribution in [1.29, 1.82) is 0 Å². The van der Waals surface area contributed by atoms with E-state index in [1.54, 1.807) is 23.1 Å². The van der Waals surface area contributed by atoms with Crippen molar-refractivity contribution in [2.24, 2.45) is 11.0 Å². The molecule has 0 saturated heterocycles. The summed E-state index contributed by atoms with van der Waals surface area (Å²) in [6.45, 7) is 11.8. The Kier molecular flexibility index (Phi) is 8.03. The van der Waals surface area contributed by atoms with Gasteiger partial charge in [-0.15, -0.1) is 16.4 Å². The number of carbonyl (C=O) groups is 1. The maximum atomic E-state index is 13.6. The van der Waals surface area contributed by atoms with E-state index in [1.165, 1.54) is 38.3 Å². The van der Waals surface area contributed by atoms with E-state index in [2.05, 4.69) is 129 Å². The van der Waals surface area contributed by atoms with Gasteiger partial charge in [0.2, 0.25) is 0 Å². The maximum Gasteiger partial charge on any atom is 0.186 e. The van der Waals surface area contributed by atoms with E-state index < -0.39 is 0 Å². The molecule has 0 radical (unpaired) electrons. The molecule has 1 unspecified atom stereocenters. The van der Waals surface area contributed by atoms with Gasteiger partial charge in [-0.1, -0.05) is 90.5 Å². The molecule has 42 heavy (non-hydrogen) atoms. The van der Waals surface area contributed by atoms with E-state index in [0.29, 0.717) is 11.5 Å². The number of aryl methyl sites for hydroxylation is 4. The van der Waals surface area contributed by atoms with Gasteiger partial charge in [-0.05, 0) is 91.8 Å². The minimum absolute atomic E-state index is 0.0648. The first-order valence-electron chi connectivity index (χ1n) is 14.7. The zero-order valence-electron chi connectivity index (χ0n) is 25.1. The Morgan fingerprint density at radius 3 is 2.26 bits per heavy atom. The molecule has 3 aromatic carbocycles. The van der Waals surface area contributed by atoms with Crippen LogP contribution in [0.2, 0.25) is 0 Å². The summed E-state index contributed by atoms with van der Waals surface area (Å²) in [7, 11) is 0. The summed E-state index contributed by atoms with van der Waals surface area (Å²) in [5.74, 6) is 0.882. The fourth-order valence-corrected chi connectivity index (χ4v) is 8.74. The molecule has 1 atom stereocenters. The number of benzene rings is 3. The molecular weight excluding hydrogens is 555 g/mol. The largest absolute Gasteiger partial charge is 0.319 e. The molecule has 1 aromatic heterocycles. The minimum Gasteiger partial charge on any atom is -0.319 e. The number of anilines is 1. The lowest BCUT2D eigenvalue weighted by Gasteiger charge is -2.46. The van der Waals surface area contributed by atoms with Crippen molar-refractivity contribution >= 4 is 39.7 Å². The van der Waals surface area contributed by atoms with Crippen LogP contribution < -0.4 is 5.01 Å². The number of Topliss-reactive ketones (excluding diaryl/α,β-unsaturated/α-hetero) is 1. The highest BCUT2D eigenvalue weighted by atomic mass is 32.2. The summed E-state index contributed by atoms with van der Waals surface area (Å²) >= 11 is 3.34. The Balaban J connectivity index is 1.23. The highest BCUT2D eigenvalue weighted by molar-refractivity contribution is 8.14. The van der Waals surface area contributed by atoms with Gasteiger partial charge >= 0.3 is 0 Å². The van der Waals surface area contributed by atoms with E-state index in [4.69, 9.17) is 5.10 Å². The van der Waals surface area contributed by atoms with Crippen molar-refractivity contribution in [3.63, 3.8) is 0 Å². The van der Waals surface area contributed by atoms with Crippen LogP contribution in [0.15, 0.2) is 89.3 Å². The van der Waals surface area contributed by atoms with Crippen LogP contribution in [0.3, 0.4) is 0 Å². The molecular formula is C36H39N3OS2. The van der Waals surface area contributed by atoms with Crippen LogP contribution >= 0.6 is 23.1 Å². The van der Waals surface area contributed by atoms with Crippen molar-refractivity contribution in [3.8, 4) is 0 Å². The van der Waals surface area contributed by atoms with Crippen molar-refractivity contribution in [2.45, 2.75) is 65.6 Å². The number of ketones is 1. The number of carbonyl (C=O) groups excluding carboxylic acids is 1. The molecule has 216 valence electrons. The second-order valence-corrected chi connectivity index (χ2v) is 14.2. The highest BCUT2D eigenvalue weighted by Crippen LogP contribution is 2.50. The van der Waals surface area contributed by atoms with Crippen LogP contribution in [0.25, 0.3) is 0 Å². The van der Waals surface area contributed by atoms with Gasteiger partial charge in [-0.25, -0.2) is 5.01 Å². The number of hydrogen-bond donors (Lipinski definition) is 0. The average Bonchev–Trinajstić information content (AvgIpc) is 3.59. The second-order valence-electron chi connectivity index (χ2n) is 12.3. The lowest BCUT2D eigenvalue weighted by molar-refractivity contribution is -0.124. The van der Waals surface area contributed by atoms with Gasteiger partial charge in [-0.3, -0.25) is 4.79 Å². The first-order chi connectivity index (χ1) is 20.2. The average molecular weight is 594 g/mol. The number of thiophene rings is 1. The number of hydrazone groups is 1. The van der Waals surface area contributed by atoms with Gasteiger partial charge < -0.3 is 4.90 Å². The molecule has 2 heterocycles. The third-order valence-electron chi connectivity index (χ3n) is 8.73. The molecule has 1 aliphatic heterocycles. The molecule has 2 aliphatic rings. The fourth-order valence-electron chi connectivity index (χ4n) is 6.94. The summed E-state index contributed by atoms with van der Waals surface area (Å²) in [5.41, 5.74) is 9.01. The van der Waals surface area contributed by atoms with E-state index >= 15 is 0 Å². The fraction of sp³-hybridized carbons (Fsp3) is 0.333. The third kappa shape index (κ3) is 5.67. The first kappa shape index (κ1) is 28.8. The lowest BCUT2D eigenvalue weighted by atomic mass is 9.57. The molecule has 0 N–H and O–H groups in total. The van der Waals surface area contributed by atoms with Crippen LogP contribution in [0.1, 0.15) is 64.2 Å². The topological polar surface area (TPSA) is 35.9 Å². The predicted octanol–water partition coefficient (Wildman–Crippen LogP) is 8.94. The Hall–Kier alpha value is -3.35. The Bertz CT molecular complexity index is 1570. The lowest BCUT2D eigenvalue weighted by Crippen LogP contribution is -2.44. The van der Waals surface area contributed by atoms with Crippen molar-refractivity contribution in [3.05, 3.63) is 123 Å². The summed E-state index contributed by atoms with van der Waals surface area (Å²) in [6, 6.07) is 28.0. The van der Waals surface area contributed by atoms with Crippen molar-refractivity contribution < 1.29 is 4.79 Å². The smallest absolute Gasteiger partial charge is 0.186 e. The number of nitrogens with zero attached hydrogens (tertiary/aromatic N) is 3. The Morgan fingerprint density at radius 1 is 0.929 bits per heavy atom. The highest BCUT2D eigenvalue weighted by Gasteiger charge is 2.46. The number of thioether (sulfide) groups is 1. The summed E-state index contributed by atoms with van der Waals surface area (Å²) in [5, 5.41) is 10.3. The zero-order chi connectivity index (χ0) is 29.4. The van der Waals surface area contributed by atoms with Crippen LogP contribution in [0.4, 0.5) is 5.69 Å². The van der Waals surface area contributed by atoms with Crippen molar-refractivity contribution in [1.82, 2.24) is 4.90 Å². The molecule has 1 aliphatic carbocycles. The number of rotatable bonds is 8. The van der Waals surface area contributed by atoms with E-state index in [-0.39, 0.29) is 17.5 Å². The molecule has 6 rings (SSSR count). The zero-order valence-corrected chi connectivity index (χ0v) is 26.8. The standard InChI is InChI=1S/C36H39N3OS2/c1-24-13-15-30(16-14-24)39-34(32-12-9-17-41-32)38(22-28-10-7-6-8-11-28)35(37-39)42-23-31(40)29-20-36(5,21-29)33-26(3)18-25(2)19-27(33)4/h6-19,29,34H,20-23H2,1-5H3. The molecule has 4 aromatic rings. The predicted molar refractivity (Wildman–Crippen MR) is 178 cm³/mol. The van der Waals surface area contributed by atoms with Crippen LogP contribution in [0, 0.1) is 33.6 Å². The van der Waals surface area contributed by atoms with Crippen LogP contribution in [0.5, 0.6) is 0 Å². The summed E-state index contributed by atoms with van der Waals surface area (Å²) in [4.78, 5) is 17.2. The van der Waals surface area contributed by atoms with Gasteiger partial charge in [0, 0.05) is 17.3 Å². The minimum atomic E-state index is -0.0648. The van der Waals surface area contributed by atoms with Gasteiger partial charge in [0.1, 0.15) is 5.78 Å². The quantitative estimate of drug-likeness (QED) is 0.204. The normalized spacial score (nSPS) is 21.8. The molecule has 0 amide bonds. The maximum absolute atomic E-state index is 13.6. The molecule has 1 fully saturated rings. The monoisotopic (exact) mass is 593 g/mol. The van der Waals surface area contributed by atoms with Gasteiger partial charge in [-0.2, -0.15) is 0 Å². The molecule has 6 heteroatoms. The summed E-state index contributed by atoms with van der Waals surface area (Å²) < 4.78 is 0. The molecule has 0 spiro atoms. The van der Waals surface area contributed by atoms with Gasteiger partial charge in [0.05, 0.1) is 11.4 Å². The van der Waals surface area contributed by atoms with Gasteiger partial charge in [0.25, 0.3) is 0 Å². The number of amidine groups is 1. The second kappa shape index (κ2) is 11.7. The SMILES string of the molecule is Cc1ccc(N2N=C(SCC(=O)C3CC(C)(c4c(C)cc(C)cc4C)C3)N(Cc3ccccc3)C2c2cccs2)cc1. The van der Waals surface area contributed by atoms with E-state index in [0.717, 1.165) is 30.2 Å². The molecule has 0 bridgehead atoms. The molecule has 1 saturated carbocycles. The number of hydrogen-bond acceptors (Lipinski definition) is 6. The molecule has 4 nitrogen and oxygen atoms in total. The van der Waals surface area contributed by atoms with Gasteiger partial charge in [0.15, 0.2) is 11.3 Å². The Labute approximate surface area is 258 Å². The Morgan fingerprint density at radius 2 is 1.62 bits per heavy atom. The van der Waals surface area contributed by atoms with Crippen LogP contribution in [-0.2, 0) is 16.8 Å². The van der Waals surface area contributed by atoms with E-state index in [9.17, 15) is 4.79 Å².